The Bertz CT molecular complexity index is 884. The van der Waals surface area contributed by atoms with Gasteiger partial charge in [0.25, 0.3) is 5.69 Å². The van der Waals surface area contributed by atoms with Gasteiger partial charge in [0.1, 0.15) is 11.1 Å². The molecule has 0 spiro atoms. The van der Waals surface area contributed by atoms with E-state index in [0.29, 0.717) is 18.5 Å². The number of hydrogen-bond donors (Lipinski definition) is 0. The zero-order valence-corrected chi connectivity index (χ0v) is 13.5. The van der Waals surface area contributed by atoms with Crippen LogP contribution >= 0.6 is 11.3 Å². The molecule has 3 aromatic rings. The van der Waals surface area contributed by atoms with E-state index >= 15 is 0 Å². The van der Waals surface area contributed by atoms with Gasteiger partial charge in [-0.3, -0.25) is 15.1 Å². The highest BCUT2D eigenvalue weighted by atomic mass is 32.1. The lowest BCUT2D eigenvalue weighted by Gasteiger charge is -2.34. The highest BCUT2D eigenvalue weighted by Gasteiger charge is 2.26. The third kappa shape index (κ3) is 2.59. The number of fused-ring (bicyclic) bond motifs is 1. The Balaban J connectivity index is 1.74. The molecule has 0 saturated carbocycles. The lowest BCUT2D eigenvalue weighted by Crippen LogP contribution is -2.38. The molecule has 0 radical (unpaired) electrons. The third-order valence-corrected chi connectivity index (χ3v) is 4.97. The fourth-order valence-corrected chi connectivity index (χ4v) is 3.68. The van der Waals surface area contributed by atoms with Crippen LogP contribution in [0.25, 0.3) is 10.8 Å². The summed E-state index contributed by atoms with van der Waals surface area (Å²) in [6.07, 6.45) is 4.91. The average molecular weight is 342 g/mol. The zero-order valence-electron chi connectivity index (χ0n) is 12.7. The van der Waals surface area contributed by atoms with Gasteiger partial charge in [-0.05, 0) is 12.1 Å². The van der Waals surface area contributed by atoms with E-state index in [1.807, 2.05) is 17.5 Å². The van der Waals surface area contributed by atoms with Crippen LogP contribution in [0.15, 0.2) is 42.2 Å². The van der Waals surface area contributed by atoms with Crippen LogP contribution < -0.4 is 4.90 Å². The quantitative estimate of drug-likeness (QED) is 0.537. The van der Waals surface area contributed by atoms with Crippen molar-refractivity contribution in [2.75, 3.05) is 24.6 Å². The van der Waals surface area contributed by atoms with Gasteiger partial charge in [-0.15, -0.1) is 11.3 Å². The molecule has 1 fully saturated rings. The van der Waals surface area contributed by atoms with Gasteiger partial charge in [0, 0.05) is 47.7 Å². The normalized spacial score (nSPS) is 18.0. The molecule has 24 heavy (non-hydrogen) atoms. The molecule has 1 aromatic carbocycles. The summed E-state index contributed by atoms with van der Waals surface area (Å²) in [5, 5.41) is 15.5. The molecule has 1 saturated heterocycles. The van der Waals surface area contributed by atoms with Crippen LogP contribution in [0.4, 0.5) is 11.4 Å². The van der Waals surface area contributed by atoms with Crippen LogP contribution in [0.2, 0.25) is 0 Å². The average Bonchev–Trinajstić information content (AvgIpc) is 3.15. The smallest absolute Gasteiger partial charge is 0.278 e. The van der Waals surface area contributed by atoms with Crippen molar-refractivity contribution in [1.82, 2.24) is 9.97 Å². The molecule has 0 N–H and O–H groups in total. The number of ether oxygens (including phenoxy) is 1. The van der Waals surface area contributed by atoms with Crippen molar-refractivity contribution in [3.8, 4) is 0 Å². The number of hydrogen-bond acceptors (Lipinski definition) is 7. The molecular formula is C16H14N4O3S. The van der Waals surface area contributed by atoms with Crippen molar-refractivity contribution in [2.24, 2.45) is 0 Å². The topological polar surface area (TPSA) is 81.4 Å². The number of morpholine rings is 1. The molecule has 1 aliphatic heterocycles. The molecule has 7 nitrogen and oxygen atoms in total. The van der Waals surface area contributed by atoms with Crippen molar-refractivity contribution < 1.29 is 9.66 Å². The van der Waals surface area contributed by atoms with Gasteiger partial charge in [0.05, 0.1) is 23.5 Å². The van der Waals surface area contributed by atoms with Crippen LogP contribution in [-0.4, -0.2) is 34.6 Å². The molecule has 3 heterocycles. The number of benzene rings is 1. The second-order valence-electron chi connectivity index (χ2n) is 5.46. The molecule has 2 aromatic heterocycles. The number of nitrogens with zero attached hydrogens (tertiary/aromatic N) is 4. The highest BCUT2D eigenvalue weighted by molar-refractivity contribution is 7.09. The van der Waals surface area contributed by atoms with E-state index < -0.39 is 0 Å². The predicted molar refractivity (Wildman–Crippen MR) is 91.4 cm³/mol. The lowest BCUT2D eigenvalue weighted by atomic mass is 10.1. The van der Waals surface area contributed by atoms with Crippen molar-refractivity contribution in [3.63, 3.8) is 0 Å². The Hall–Kier alpha value is -2.58. The molecule has 1 unspecified atom stereocenters. The first-order valence-corrected chi connectivity index (χ1v) is 8.39. The Kier molecular flexibility index (Phi) is 3.83. The number of pyridine rings is 1. The van der Waals surface area contributed by atoms with E-state index in [0.717, 1.165) is 22.6 Å². The fourth-order valence-electron chi connectivity index (χ4n) is 3.01. The number of rotatable bonds is 3. The summed E-state index contributed by atoms with van der Waals surface area (Å²) in [7, 11) is 0. The Morgan fingerprint density at radius 1 is 1.29 bits per heavy atom. The Morgan fingerprint density at radius 3 is 3.00 bits per heavy atom. The zero-order chi connectivity index (χ0) is 16.5. The molecule has 0 amide bonds. The van der Waals surface area contributed by atoms with Gasteiger partial charge in [-0.1, -0.05) is 0 Å². The maximum atomic E-state index is 11.2. The predicted octanol–water partition coefficient (Wildman–Crippen LogP) is 3.18. The van der Waals surface area contributed by atoms with Gasteiger partial charge >= 0.3 is 0 Å². The second-order valence-corrected chi connectivity index (χ2v) is 6.38. The molecule has 4 rings (SSSR count). The van der Waals surface area contributed by atoms with Gasteiger partial charge in [0.15, 0.2) is 0 Å². The van der Waals surface area contributed by atoms with E-state index in [1.54, 1.807) is 36.0 Å². The van der Waals surface area contributed by atoms with Crippen LogP contribution in [0.5, 0.6) is 0 Å². The van der Waals surface area contributed by atoms with Crippen LogP contribution in [0.3, 0.4) is 0 Å². The van der Waals surface area contributed by atoms with Crippen LogP contribution in [0, 0.1) is 10.1 Å². The maximum Gasteiger partial charge on any atom is 0.278 e. The monoisotopic (exact) mass is 342 g/mol. The summed E-state index contributed by atoms with van der Waals surface area (Å²) in [6.45, 7) is 1.99. The summed E-state index contributed by atoms with van der Waals surface area (Å²) in [5.74, 6) is 0. The number of aromatic nitrogens is 2. The molecular weight excluding hydrogens is 328 g/mol. The summed E-state index contributed by atoms with van der Waals surface area (Å²) in [5.41, 5.74) is 1.04. The van der Waals surface area contributed by atoms with E-state index in [-0.39, 0.29) is 16.7 Å². The van der Waals surface area contributed by atoms with Crippen molar-refractivity contribution in [3.05, 3.63) is 57.3 Å². The summed E-state index contributed by atoms with van der Waals surface area (Å²) in [4.78, 5) is 21.5. The van der Waals surface area contributed by atoms with Crippen LogP contribution in [-0.2, 0) is 4.74 Å². The Labute approximate surface area is 141 Å². The third-order valence-electron chi connectivity index (χ3n) is 4.10. The standard InChI is InChI=1S/C16H14N4O3S/c21-20(22)14-2-1-13(11-3-4-17-9-12(11)14)19-6-7-23-15(10-19)16-18-5-8-24-16/h1-5,8-9,15H,6-7,10H2. The minimum atomic E-state index is -0.370. The second kappa shape index (κ2) is 6.14. The largest absolute Gasteiger partial charge is 0.367 e. The summed E-state index contributed by atoms with van der Waals surface area (Å²) >= 11 is 1.57. The minimum absolute atomic E-state index is 0.0755. The Morgan fingerprint density at radius 2 is 2.21 bits per heavy atom. The number of anilines is 1. The maximum absolute atomic E-state index is 11.2. The van der Waals surface area contributed by atoms with E-state index in [1.165, 1.54) is 0 Å². The molecule has 122 valence electrons. The van der Waals surface area contributed by atoms with Gasteiger partial charge in [-0.25, -0.2) is 4.98 Å². The molecule has 0 aliphatic carbocycles. The van der Waals surface area contributed by atoms with Gasteiger partial charge < -0.3 is 9.64 Å². The number of nitro groups is 1. The first-order valence-electron chi connectivity index (χ1n) is 7.51. The highest BCUT2D eigenvalue weighted by Crippen LogP contribution is 2.35. The molecule has 8 heteroatoms. The summed E-state index contributed by atoms with van der Waals surface area (Å²) < 4.78 is 5.83. The molecule has 1 atom stereocenters. The van der Waals surface area contributed by atoms with E-state index in [9.17, 15) is 10.1 Å². The van der Waals surface area contributed by atoms with Gasteiger partial charge in [0.2, 0.25) is 0 Å². The van der Waals surface area contributed by atoms with Crippen molar-refractivity contribution in [1.29, 1.82) is 0 Å². The number of thiazole rings is 1. The minimum Gasteiger partial charge on any atom is -0.367 e. The number of non-ortho nitro benzene ring substituents is 1. The lowest BCUT2D eigenvalue weighted by molar-refractivity contribution is -0.383. The van der Waals surface area contributed by atoms with Gasteiger partial charge in [-0.2, -0.15) is 0 Å². The van der Waals surface area contributed by atoms with E-state index in [2.05, 4.69) is 14.9 Å². The molecule has 1 aliphatic rings. The number of nitro benzene ring substituents is 1. The van der Waals surface area contributed by atoms with Crippen LogP contribution in [0.1, 0.15) is 11.1 Å². The molecule has 0 bridgehead atoms. The first kappa shape index (κ1) is 15.0. The summed E-state index contributed by atoms with van der Waals surface area (Å²) in [6, 6.07) is 5.18. The van der Waals surface area contributed by atoms with Crippen molar-refractivity contribution in [2.45, 2.75) is 6.10 Å². The SMILES string of the molecule is O=[N+]([O-])c1ccc(N2CCOC(c3nccs3)C2)c2ccncc12. The van der Waals surface area contributed by atoms with Crippen molar-refractivity contribution >= 4 is 33.5 Å². The first-order chi connectivity index (χ1) is 11.7. The fraction of sp³-hybridized carbons (Fsp3) is 0.250. The van der Waals surface area contributed by atoms with E-state index in [4.69, 9.17) is 4.74 Å².